The first-order valence-corrected chi connectivity index (χ1v) is 14.5. The minimum absolute atomic E-state index is 0.162. The van der Waals surface area contributed by atoms with Crippen LogP contribution in [0.2, 0.25) is 19.6 Å². The average molecular weight is 395 g/mol. The topological polar surface area (TPSA) is 39.4 Å². The van der Waals surface area contributed by atoms with E-state index in [2.05, 4.69) is 32.6 Å². The molecule has 3 nitrogen and oxygen atoms in total. The Hall–Kier alpha value is -1.03. The first-order valence-electron chi connectivity index (χ1n) is 11.0. The van der Waals surface area contributed by atoms with Gasteiger partial charge >= 0.3 is 5.97 Å². The van der Waals surface area contributed by atoms with Gasteiger partial charge in [-0.05, 0) is 25.8 Å². The van der Waals surface area contributed by atoms with Gasteiger partial charge in [0.1, 0.15) is 19.9 Å². The third kappa shape index (κ3) is 9.64. The summed E-state index contributed by atoms with van der Waals surface area (Å²) in [5.41, 5.74) is 1.07. The molecule has 0 N–H and O–H groups in total. The van der Waals surface area contributed by atoms with E-state index in [4.69, 9.17) is 9.15 Å². The fourth-order valence-electron chi connectivity index (χ4n) is 3.48. The van der Waals surface area contributed by atoms with E-state index >= 15 is 0 Å². The van der Waals surface area contributed by atoms with Crippen LogP contribution in [-0.2, 0) is 9.53 Å². The third-order valence-corrected chi connectivity index (χ3v) is 6.90. The molecule has 1 aromatic rings. The summed E-state index contributed by atoms with van der Waals surface area (Å²) in [5, 5.41) is 1.09. The van der Waals surface area contributed by atoms with Crippen LogP contribution < -0.4 is 5.38 Å². The molecule has 0 aliphatic heterocycles. The first-order chi connectivity index (χ1) is 12.8. The van der Waals surface area contributed by atoms with Crippen molar-refractivity contribution in [2.75, 3.05) is 0 Å². The van der Waals surface area contributed by atoms with Crippen LogP contribution in [0.3, 0.4) is 0 Å². The van der Waals surface area contributed by atoms with Gasteiger partial charge in [-0.2, -0.15) is 0 Å². The predicted octanol–water partition coefficient (Wildman–Crippen LogP) is 7.05. The Kier molecular flexibility index (Phi) is 11.1. The summed E-state index contributed by atoms with van der Waals surface area (Å²) in [4.78, 5) is 11.6. The number of carbonyl (C=O) groups is 1. The number of carbonyl (C=O) groups excluding carboxylic acids is 1. The van der Waals surface area contributed by atoms with Gasteiger partial charge in [-0.15, -0.1) is 0 Å². The van der Waals surface area contributed by atoms with Gasteiger partial charge in [-0.1, -0.05) is 84.4 Å². The van der Waals surface area contributed by atoms with Crippen LogP contribution in [0, 0.1) is 6.92 Å². The van der Waals surface area contributed by atoms with Gasteiger partial charge in [-0.3, -0.25) is 4.79 Å². The molecule has 1 rings (SSSR count). The van der Waals surface area contributed by atoms with Crippen molar-refractivity contribution in [2.45, 2.75) is 117 Å². The van der Waals surface area contributed by atoms with E-state index in [1.807, 2.05) is 6.92 Å². The SMILES string of the molecule is CCCCCCCCCCCCC(OC(C)=O)c1cc([Si](C)(C)C)oc1C. The Morgan fingerprint density at radius 3 is 1.96 bits per heavy atom. The molecule has 1 atom stereocenters. The fourth-order valence-corrected chi connectivity index (χ4v) is 4.53. The molecule has 0 saturated heterocycles. The van der Waals surface area contributed by atoms with Crippen molar-refractivity contribution in [3.63, 3.8) is 0 Å². The lowest BCUT2D eigenvalue weighted by Gasteiger charge is -2.16. The molecule has 0 spiro atoms. The van der Waals surface area contributed by atoms with Crippen LogP contribution in [-0.4, -0.2) is 14.0 Å². The largest absolute Gasteiger partial charge is 0.471 e. The lowest BCUT2D eigenvalue weighted by molar-refractivity contribution is -0.147. The van der Waals surface area contributed by atoms with Crippen molar-refractivity contribution in [3.05, 3.63) is 17.4 Å². The molecule has 156 valence electrons. The Morgan fingerprint density at radius 2 is 1.52 bits per heavy atom. The van der Waals surface area contributed by atoms with Crippen LogP contribution in [0.25, 0.3) is 0 Å². The Bertz CT molecular complexity index is 542. The lowest BCUT2D eigenvalue weighted by atomic mass is 10.0. The number of unbranched alkanes of at least 4 members (excludes halogenated alkanes) is 9. The van der Waals surface area contributed by atoms with Crippen LogP contribution >= 0.6 is 0 Å². The summed E-state index contributed by atoms with van der Waals surface area (Å²) in [5.74, 6) is 0.702. The monoisotopic (exact) mass is 394 g/mol. The van der Waals surface area contributed by atoms with Crippen molar-refractivity contribution in [3.8, 4) is 0 Å². The molecule has 0 saturated carbocycles. The zero-order valence-electron chi connectivity index (χ0n) is 18.7. The number of esters is 1. The van der Waals surface area contributed by atoms with Crippen molar-refractivity contribution in [1.29, 1.82) is 0 Å². The van der Waals surface area contributed by atoms with E-state index in [0.29, 0.717) is 0 Å². The first kappa shape index (κ1) is 24.0. The summed E-state index contributed by atoms with van der Waals surface area (Å²) >= 11 is 0. The molecule has 0 aliphatic rings. The molecule has 0 radical (unpaired) electrons. The van der Waals surface area contributed by atoms with Gasteiger partial charge in [0.05, 0.1) is 5.38 Å². The van der Waals surface area contributed by atoms with Crippen LogP contribution in [0.1, 0.15) is 102 Å². The molecule has 1 aromatic heterocycles. The summed E-state index contributed by atoms with van der Waals surface area (Å²) in [6.07, 6.45) is 13.9. The number of furan rings is 1. The van der Waals surface area contributed by atoms with Gasteiger partial charge in [-0.25, -0.2) is 0 Å². The maximum Gasteiger partial charge on any atom is 0.303 e. The van der Waals surface area contributed by atoms with Gasteiger partial charge in [0.15, 0.2) is 0 Å². The highest BCUT2D eigenvalue weighted by atomic mass is 28.3. The lowest BCUT2D eigenvalue weighted by Crippen LogP contribution is -2.36. The Balaban J connectivity index is 2.41. The maximum absolute atomic E-state index is 11.6. The molecule has 0 fully saturated rings. The number of hydrogen-bond acceptors (Lipinski definition) is 3. The average Bonchev–Trinajstić information content (AvgIpc) is 2.97. The second kappa shape index (κ2) is 12.4. The fraction of sp³-hybridized carbons (Fsp3) is 0.783. The molecule has 0 amide bonds. The van der Waals surface area contributed by atoms with Crippen LogP contribution in [0.5, 0.6) is 0 Å². The minimum atomic E-state index is -1.50. The molecular formula is C23H42O3Si. The van der Waals surface area contributed by atoms with Crippen LogP contribution in [0.4, 0.5) is 0 Å². The van der Waals surface area contributed by atoms with Crippen molar-refractivity contribution < 1.29 is 13.9 Å². The van der Waals surface area contributed by atoms with Gasteiger partial charge in [0.25, 0.3) is 0 Å². The van der Waals surface area contributed by atoms with Gasteiger partial charge in [0, 0.05) is 12.5 Å². The minimum Gasteiger partial charge on any atom is -0.471 e. The summed E-state index contributed by atoms with van der Waals surface area (Å²) in [6, 6.07) is 2.14. The molecule has 0 aliphatic carbocycles. The zero-order chi connectivity index (χ0) is 20.3. The molecule has 0 aromatic carbocycles. The molecular weight excluding hydrogens is 352 g/mol. The highest BCUT2D eigenvalue weighted by Crippen LogP contribution is 2.28. The van der Waals surface area contributed by atoms with Crippen molar-refractivity contribution in [1.82, 2.24) is 0 Å². The van der Waals surface area contributed by atoms with E-state index < -0.39 is 8.07 Å². The second-order valence-corrected chi connectivity index (χ2v) is 13.9. The molecule has 27 heavy (non-hydrogen) atoms. The molecule has 1 unspecified atom stereocenters. The zero-order valence-corrected chi connectivity index (χ0v) is 19.7. The normalized spacial score (nSPS) is 13.0. The Labute approximate surface area is 168 Å². The van der Waals surface area contributed by atoms with E-state index in [1.54, 1.807) is 0 Å². The van der Waals surface area contributed by atoms with Crippen molar-refractivity contribution >= 4 is 19.4 Å². The maximum atomic E-state index is 11.6. The highest BCUT2D eigenvalue weighted by molar-refractivity contribution is 6.87. The van der Waals surface area contributed by atoms with E-state index in [1.165, 1.54) is 64.7 Å². The molecule has 1 heterocycles. The highest BCUT2D eigenvalue weighted by Gasteiger charge is 2.26. The third-order valence-electron chi connectivity index (χ3n) is 5.17. The van der Waals surface area contributed by atoms with E-state index in [-0.39, 0.29) is 12.1 Å². The van der Waals surface area contributed by atoms with Crippen LogP contribution in [0.15, 0.2) is 10.5 Å². The Morgan fingerprint density at radius 1 is 1.00 bits per heavy atom. The van der Waals surface area contributed by atoms with Gasteiger partial charge in [0.2, 0.25) is 0 Å². The number of ether oxygens (including phenoxy) is 1. The molecule has 0 bridgehead atoms. The van der Waals surface area contributed by atoms with Gasteiger partial charge < -0.3 is 9.15 Å². The quantitative estimate of drug-likeness (QED) is 0.193. The standard InChI is InChI=1S/C23H42O3Si/c1-7-8-9-10-11-12-13-14-15-16-17-22(26-20(3)24)21-18-23(25-19(21)2)27(4,5)6/h18,22H,7-17H2,1-6H3. The summed E-state index contributed by atoms with van der Waals surface area (Å²) in [6.45, 7) is 12.6. The number of rotatable bonds is 14. The number of hydrogen-bond donors (Lipinski definition) is 0. The predicted molar refractivity (Wildman–Crippen MR) is 117 cm³/mol. The summed E-state index contributed by atoms with van der Waals surface area (Å²) in [7, 11) is -1.50. The van der Waals surface area contributed by atoms with E-state index in [0.717, 1.165) is 29.5 Å². The molecule has 4 heteroatoms. The second-order valence-electron chi connectivity index (χ2n) is 8.94. The van der Waals surface area contributed by atoms with E-state index in [9.17, 15) is 4.79 Å². The smallest absolute Gasteiger partial charge is 0.303 e. The number of aryl methyl sites for hydroxylation is 1. The van der Waals surface area contributed by atoms with Crippen molar-refractivity contribution in [2.24, 2.45) is 0 Å². The summed E-state index contributed by atoms with van der Waals surface area (Å²) < 4.78 is 11.7.